The summed E-state index contributed by atoms with van der Waals surface area (Å²) >= 11 is 12.4. The van der Waals surface area contributed by atoms with Crippen LogP contribution in [0.25, 0.3) is 5.82 Å². The van der Waals surface area contributed by atoms with Crippen molar-refractivity contribution in [3.05, 3.63) is 64.4 Å². The van der Waals surface area contributed by atoms with Gasteiger partial charge < -0.3 is 25.4 Å². The SMILES string of the molecule is CC(=O)N1CCC(Nc2nc(N[C@H](CC3CCCCC3)C(=O)NCc3ccc(Cl)cc3Cl)cc(-n3cccc3)n2)CC1. The van der Waals surface area contributed by atoms with Crippen LogP contribution in [0.15, 0.2) is 48.8 Å². The molecular weight excluding hydrogens is 573 g/mol. The number of benzene rings is 1. The average Bonchev–Trinajstić information content (AvgIpc) is 3.52. The highest BCUT2D eigenvalue weighted by Gasteiger charge is 2.26. The van der Waals surface area contributed by atoms with Gasteiger partial charge >= 0.3 is 0 Å². The third kappa shape index (κ3) is 8.16. The van der Waals surface area contributed by atoms with E-state index in [0.29, 0.717) is 53.2 Å². The Kier molecular flexibility index (Phi) is 10.2. The number of carbonyl (C=O) groups excluding carboxylic acids is 2. The molecule has 11 heteroatoms. The number of nitrogens with one attached hydrogen (secondary N) is 3. The van der Waals surface area contributed by atoms with Crippen molar-refractivity contribution in [1.82, 2.24) is 24.8 Å². The van der Waals surface area contributed by atoms with Crippen LogP contribution in [0.1, 0.15) is 63.9 Å². The van der Waals surface area contributed by atoms with Gasteiger partial charge in [-0.05, 0) is 55.0 Å². The number of nitrogens with zero attached hydrogens (tertiary/aromatic N) is 4. The molecule has 3 aromatic rings. The number of piperidine rings is 1. The van der Waals surface area contributed by atoms with Crippen LogP contribution in [0.5, 0.6) is 0 Å². The van der Waals surface area contributed by atoms with Crippen molar-refractivity contribution in [2.75, 3.05) is 23.7 Å². The zero-order chi connectivity index (χ0) is 29.5. The smallest absolute Gasteiger partial charge is 0.242 e. The summed E-state index contributed by atoms with van der Waals surface area (Å²) in [5.41, 5.74) is 0.810. The van der Waals surface area contributed by atoms with E-state index in [-0.39, 0.29) is 17.9 Å². The van der Waals surface area contributed by atoms with E-state index in [9.17, 15) is 9.59 Å². The van der Waals surface area contributed by atoms with Gasteiger partial charge in [0.15, 0.2) is 0 Å². The first kappa shape index (κ1) is 30.2. The van der Waals surface area contributed by atoms with Gasteiger partial charge in [-0.1, -0.05) is 61.4 Å². The summed E-state index contributed by atoms with van der Waals surface area (Å²) in [6, 6.07) is 10.7. The molecule has 2 aromatic heterocycles. The number of amides is 2. The minimum atomic E-state index is -0.474. The highest BCUT2D eigenvalue weighted by molar-refractivity contribution is 6.35. The Bertz CT molecular complexity index is 1350. The number of anilines is 2. The summed E-state index contributed by atoms with van der Waals surface area (Å²) in [6.45, 7) is 3.33. The maximum absolute atomic E-state index is 13.6. The van der Waals surface area contributed by atoms with Gasteiger partial charge in [0.1, 0.15) is 17.7 Å². The second-order valence-electron chi connectivity index (χ2n) is 11.3. The first-order chi connectivity index (χ1) is 20.3. The van der Waals surface area contributed by atoms with Gasteiger partial charge in [-0.3, -0.25) is 9.59 Å². The number of hydrogen-bond acceptors (Lipinski definition) is 6. The number of halogens is 2. The molecule has 1 saturated carbocycles. The van der Waals surface area contributed by atoms with Crippen LogP contribution in [0.2, 0.25) is 10.0 Å². The van der Waals surface area contributed by atoms with Crippen LogP contribution in [0.3, 0.4) is 0 Å². The van der Waals surface area contributed by atoms with E-state index < -0.39 is 6.04 Å². The molecule has 224 valence electrons. The fourth-order valence-corrected chi connectivity index (χ4v) is 6.33. The molecule has 2 fully saturated rings. The third-order valence-corrected chi connectivity index (χ3v) is 8.84. The Morgan fingerprint density at radius 1 is 1.00 bits per heavy atom. The zero-order valence-corrected chi connectivity index (χ0v) is 25.5. The molecule has 42 heavy (non-hydrogen) atoms. The van der Waals surface area contributed by atoms with Gasteiger partial charge in [-0.25, -0.2) is 0 Å². The van der Waals surface area contributed by atoms with Crippen molar-refractivity contribution in [3.63, 3.8) is 0 Å². The van der Waals surface area contributed by atoms with Gasteiger partial charge in [0, 0.05) is 61.1 Å². The maximum atomic E-state index is 13.6. The lowest BCUT2D eigenvalue weighted by Crippen LogP contribution is -2.42. The summed E-state index contributed by atoms with van der Waals surface area (Å²) in [4.78, 5) is 36.9. The summed E-state index contributed by atoms with van der Waals surface area (Å²) in [5.74, 6) is 2.25. The van der Waals surface area contributed by atoms with Crippen molar-refractivity contribution >= 4 is 46.8 Å². The molecular formula is C31H39Cl2N7O2. The third-order valence-electron chi connectivity index (χ3n) is 8.26. The molecule has 2 aliphatic rings. The number of likely N-dealkylation sites (tertiary alicyclic amines) is 1. The van der Waals surface area contributed by atoms with Crippen molar-refractivity contribution in [3.8, 4) is 5.82 Å². The zero-order valence-electron chi connectivity index (χ0n) is 24.0. The Morgan fingerprint density at radius 3 is 2.43 bits per heavy atom. The highest BCUT2D eigenvalue weighted by atomic mass is 35.5. The molecule has 2 amide bonds. The number of hydrogen-bond donors (Lipinski definition) is 3. The standard InChI is InChI=1S/C31H39Cl2N7O2/c1-21(41)39-15-11-25(12-16-39)35-31-37-28(19-29(38-31)40-13-5-6-14-40)36-27(17-22-7-3-2-4-8-22)30(42)34-20-23-9-10-24(32)18-26(23)33/h5-6,9-10,13-14,18-19,22,25,27H,2-4,7-8,11-12,15-17,20H2,1H3,(H,34,42)(H2,35,36,37,38)/t27-/m1/s1. The lowest BCUT2D eigenvalue weighted by atomic mass is 9.84. The van der Waals surface area contributed by atoms with Gasteiger partial charge in [-0.15, -0.1) is 0 Å². The molecule has 9 nitrogen and oxygen atoms in total. The lowest BCUT2D eigenvalue weighted by molar-refractivity contribution is -0.129. The molecule has 0 unspecified atom stereocenters. The quantitative estimate of drug-likeness (QED) is 0.257. The lowest BCUT2D eigenvalue weighted by Gasteiger charge is -2.32. The second kappa shape index (κ2) is 14.2. The first-order valence-electron chi connectivity index (χ1n) is 14.9. The molecule has 1 aliphatic heterocycles. The van der Waals surface area contributed by atoms with Crippen LogP contribution >= 0.6 is 23.2 Å². The average molecular weight is 613 g/mol. The minimum absolute atomic E-state index is 0.0983. The van der Waals surface area contributed by atoms with E-state index in [2.05, 4.69) is 16.0 Å². The van der Waals surface area contributed by atoms with Crippen molar-refractivity contribution < 1.29 is 9.59 Å². The van der Waals surface area contributed by atoms with Crippen molar-refractivity contribution in [1.29, 1.82) is 0 Å². The predicted octanol–water partition coefficient (Wildman–Crippen LogP) is 6.06. The Labute approximate surface area is 257 Å². The van der Waals surface area contributed by atoms with Gasteiger partial charge in [0.2, 0.25) is 17.8 Å². The van der Waals surface area contributed by atoms with E-state index in [1.54, 1.807) is 19.1 Å². The summed E-state index contributed by atoms with van der Waals surface area (Å²) in [5, 5.41) is 11.1. The molecule has 1 aliphatic carbocycles. The van der Waals surface area contributed by atoms with E-state index in [4.69, 9.17) is 33.2 Å². The van der Waals surface area contributed by atoms with Gasteiger partial charge in [0.25, 0.3) is 0 Å². The normalized spacial score (nSPS) is 17.1. The van der Waals surface area contributed by atoms with E-state index in [1.807, 2.05) is 46.1 Å². The molecule has 0 radical (unpaired) electrons. The topological polar surface area (TPSA) is 104 Å². The largest absolute Gasteiger partial charge is 0.358 e. The van der Waals surface area contributed by atoms with Crippen molar-refractivity contribution in [2.45, 2.75) is 76.9 Å². The summed E-state index contributed by atoms with van der Waals surface area (Å²) in [6.07, 6.45) is 12.1. The molecule has 0 spiro atoms. The maximum Gasteiger partial charge on any atom is 0.242 e. The molecule has 1 saturated heterocycles. The van der Waals surface area contributed by atoms with Crippen LogP contribution in [-0.2, 0) is 16.1 Å². The first-order valence-corrected chi connectivity index (χ1v) is 15.6. The van der Waals surface area contributed by atoms with Crippen LogP contribution < -0.4 is 16.0 Å². The predicted molar refractivity (Wildman–Crippen MR) is 167 cm³/mol. The van der Waals surface area contributed by atoms with Gasteiger partial charge in [0.05, 0.1) is 0 Å². The van der Waals surface area contributed by atoms with E-state index >= 15 is 0 Å². The highest BCUT2D eigenvalue weighted by Crippen LogP contribution is 2.29. The number of aromatic nitrogens is 3. The monoisotopic (exact) mass is 611 g/mol. The molecule has 3 N–H and O–H groups in total. The second-order valence-corrected chi connectivity index (χ2v) is 12.2. The van der Waals surface area contributed by atoms with Crippen molar-refractivity contribution in [2.24, 2.45) is 5.92 Å². The van der Waals surface area contributed by atoms with Crippen LogP contribution in [0.4, 0.5) is 11.8 Å². The number of carbonyl (C=O) groups is 2. The Morgan fingerprint density at radius 2 is 1.74 bits per heavy atom. The van der Waals surface area contributed by atoms with E-state index in [0.717, 1.165) is 37.7 Å². The fourth-order valence-electron chi connectivity index (χ4n) is 5.85. The Balaban J connectivity index is 1.35. The molecule has 1 aromatic carbocycles. The molecule has 0 bridgehead atoms. The van der Waals surface area contributed by atoms with Crippen LogP contribution in [-0.4, -0.2) is 56.4 Å². The summed E-state index contributed by atoms with van der Waals surface area (Å²) < 4.78 is 1.93. The van der Waals surface area contributed by atoms with Gasteiger partial charge in [-0.2, -0.15) is 9.97 Å². The molecule has 5 rings (SSSR count). The fraction of sp³-hybridized carbons (Fsp3) is 0.484. The summed E-state index contributed by atoms with van der Waals surface area (Å²) in [7, 11) is 0. The van der Waals surface area contributed by atoms with E-state index in [1.165, 1.54) is 19.3 Å². The Hall–Kier alpha value is -3.30. The minimum Gasteiger partial charge on any atom is -0.358 e. The number of rotatable bonds is 10. The molecule has 3 heterocycles. The molecule has 1 atom stereocenters. The van der Waals surface area contributed by atoms with Crippen LogP contribution in [0, 0.1) is 5.92 Å².